The summed E-state index contributed by atoms with van der Waals surface area (Å²) in [6, 6.07) is -4.21. The number of carboxylic acid groups (broad SMARTS) is 2. The SMILES string of the molecule is CC[C@H](C)[C@H](NC(=O)[C@H](Cc1ccccc1)NC(=O)[C@@H]1CCCN1C(=O)[C@H](CCCN=C(N)N)NC(=O)[C@H](CCCN=C(N)N)NC(=O)[C@@H]1CCCN1C(=O)[C@H](CCCCN)NC(=O)[C@H](CC(N)=O)NC(=O)[C@H](CCC(=O)O)NC(=O)[C@H](Cc1ccc(O)cc1)NC(=O)[C@H](CC(C)C)NC(=O)[C@@H]1CCC(=O)N1)C(=O)N[C@@H](CC(C)C)C(=O)O. The average Bonchev–Trinajstić information content (AvgIpc) is 1.63. The van der Waals surface area contributed by atoms with Crippen LogP contribution in [-0.2, 0) is 89.6 Å². The van der Waals surface area contributed by atoms with E-state index in [0.29, 0.717) is 30.4 Å². The lowest BCUT2D eigenvalue weighted by Gasteiger charge is -2.32. The van der Waals surface area contributed by atoms with Gasteiger partial charge in [-0.2, -0.15) is 0 Å². The third kappa shape index (κ3) is 32.4. The molecule has 26 N–H and O–H groups in total. The first-order chi connectivity index (χ1) is 55.9. The molecule has 0 aliphatic carbocycles. The van der Waals surface area contributed by atoms with Crippen LogP contribution in [0.5, 0.6) is 5.75 Å². The van der Waals surface area contributed by atoms with Crippen LogP contribution >= 0.6 is 0 Å². The highest BCUT2D eigenvalue weighted by Crippen LogP contribution is 2.25. The van der Waals surface area contributed by atoms with Gasteiger partial charge >= 0.3 is 11.9 Å². The van der Waals surface area contributed by atoms with Gasteiger partial charge in [0.25, 0.3) is 0 Å². The number of rotatable bonds is 50. The average molecular weight is 1660 g/mol. The fraction of sp³-hybridized carbons (Fsp3) is 0.615. The summed E-state index contributed by atoms with van der Waals surface area (Å²) in [5.41, 5.74) is 35.1. The van der Waals surface area contributed by atoms with Crippen molar-refractivity contribution in [2.45, 2.75) is 255 Å². The van der Waals surface area contributed by atoms with E-state index in [2.05, 4.69) is 68.5 Å². The monoisotopic (exact) mass is 1660 g/mol. The van der Waals surface area contributed by atoms with Gasteiger partial charge in [-0.05, 0) is 144 Å². The summed E-state index contributed by atoms with van der Waals surface area (Å²) in [5.74, 6) is -16.3. The second-order valence-corrected chi connectivity index (χ2v) is 30.9. The maximum atomic E-state index is 15.1. The number of carbonyl (C=O) groups excluding carboxylic acids is 14. The van der Waals surface area contributed by atoms with E-state index in [4.69, 9.17) is 34.4 Å². The van der Waals surface area contributed by atoms with Crippen molar-refractivity contribution >= 4 is 107 Å². The van der Waals surface area contributed by atoms with E-state index in [0.717, 1.165) is 0 Å². The molecule has 40 nitrogen and oxygen atoms in total. The molecule has 3 saturated heterocycles. The Balaban J connectivity index is 1.41. The third-order valence-electron chi connectivity index (χ3n) is 20.4. The first-order valence-electron chi connectivity index (χ1n) is 40.2. The van der Waals surface area contributed by atoms with Crippen LogP contribution in [-0.4, -0.2) is 243 Å². The zero-order chi connectivity index (χ0) is 87.5. The van der Waals surface area contributed by atoms with Crippen LogP contribution in [0.2, 0.25) is 0 Å². The Morgan fingerprint density at radius 2 is 0.924 bits per heavy atom. The molecule has 0 aromatic heterocycles. The number of carbonyl (C=O) groups is 16. The van der Waals surface area contributed by atoms with Crippen LogP contribution in [0.4, 0.5) is 0 Å². The van der Waals surface area contributed by atoms with Gasteiger partial charge in [-0.3, -0.25) is 81.9 Å². The maximum Gasteiger partial charge on any atom is 0.326 e. The molecule has 3 heterocycles. The van der Waals surface area contributed by atoms with Crippen molar-refractivity contribution in [3.8, 4) is 5.75 Å². The number of nitrogens with zero attached hydrogens (tertiary/aromatic N) is 4. The standard InChI is InChI=1S/C78H121N21O19/c1-7-44(6)63(73(114)96-57(76(117)118)38-43(4)5)97-70(111)55(39-45-17-9-8-10-18-45)95-72(113)59-23-16-36-99(59)75(116)52(21-14-34-86-78(83)84)90-64(105)48(20-13-33-85-77(81)82)89-71(112)58-22-15-35-98(58)74(115)51(19-11-12-32-79)91-69(110)56(41-60(80)101)94-66(107)50(29-31-62(103)104)88-68(109)54(40-46-24-26-47(100)27-25-46)93-67(108)53(37-42(2)3)92-65(106)49-28-30-61(102)87-49/h8-10,17-18,24-27,42-44,48-59,63,100H,7,11-16,19-23,28-41,79H2,1-6H3,(H2,80,101)(H,87,102)(H,88,109)(H,89,112)(H,90,105)(H,91,110)(H,92,106)(H,93,108)(H,94,107)(H,95,113)(H,96,114)(H,97,111)(H,103,104)(H,117,118)(H4,81,82,85)(H4,83,84,86)/t44-,48-,49-,50-,51-,52-,53-,54-,55-,56-,57-,58-,59-,63-/m0/s1. The van der Waals surface area contributed by atoms with Gasteiger partial charge in [0.05, 0.1) is 6.42 Å². The van der Waals surface area contributed by atoms with Crippen molar-refractivity contribution in [1.82, 2.24) is 68.3 Å². The van der Waals surface area contributed by atoms with E-state index in [-0.39, 0.29) is 164 Å². The van der Waals surface area contributed by atoms with E-state index in [9.17, 15) is 82.4 Å². The highest BCUT2D eigenvalue weighted by Gasteiger charge is 2.44. The van der Waals surface area contributed by atoms with Crippen molar-refractivity contribution in [1.29, 1.82) is 0 Å². The summed E-state index contributed by atoms with van der Waals surface area (Å²) < 4.78 is 0. The van der Waals surface area contributed by atoms with Gasteiger partial charge in [0.15, 0.2) is 11.9 Å². The van der Waals surface area contributed by atoms with Gasteiger partial charge in [0.1, 0.15) is 84.3 Å². The Kier molecular flexibility index (Phi) is 40.0. The zero-order valence-corrected chi connectivity index (χ0v) is 67.9. The molecule has 3 fully saturated rings. The molecule has 3 aliphatic rings. The molecule has 40 heteroatoms. The number of nitrogens with two attached hydrogens (primary N) is 6. The van der Waals surface area contributed by atoms with Crippen LogP contribution in [0, 0.1) is 17.8 Å². The number of unbranched alkanes of at least 4 members (excludes halogenated alkanes) is 1. The summed E-state index contributed by atoms with van der Waals surface area (Å²) in [6.45, 7) is 10.6. The van der Waals surface area contributed by atoms with Crippen molar-refractivity contribution in [2.24, 2.45) is 62.1 Å². The number of guanidine groups is 2. The predicted octanol–water partition coefficient (Wildman–Crippen LogP) is -3.51. The lowest BCUT2D eigenvalue weighted by molar-refractivity contribution is -0.144. The number of carboxylic acids is 2. The normalized spacial score (nSPS) is 17.8. The Hall–Kier alpha value is -11.7. The van der Waals surface area contributed by atoms with E-state index < -0.39 is 192 Å². The number of aromatic hydroxyl groups is 1. The molecule has 118 heavy (non-hydrogen) atoms. The Morgan fingerprint density at radius 1 is 0.492 bits per heavy atom. The van der Waals surface area contributed by atoms with E-state index in [1.54, 1.807) is 71.9 Å². The van der Waals surface area contributed by atoms with Crippen LogP contribution in [0.3, 0.4) is 0 Å². The fourth-order valence-electron chi connectivity index (χ4n) is 14.0. The molecule has 5 rings (SSSR count). The highest BCUT2D eigenvalue weighted by molar-refractivity contribution is 6.01. The number of aliphatic imine (C=N–C) groups is 2. The number of hydrogen-bond acceptors (Lipinski definition) is 20. The van der Waals surface area contributed by atoms with Crippen LogP contribution in [0.1, 0.15) is 175 Å². The molecular weight excluding hydrogens is 1530 g/mol. The topological polar surface area (TPSA) is 653 Å². The van der Waals surface area contributed by atoms with Crippen molar-refractivity contribution in [3.05, 3.63) is 65.7 Å². The first kappa shape index (κ1) is 96.8. The minimum Gasteiger partial charge on any atom is -0.508 e. The molecule has 3 aliphatic heterocycles. The van der Waals surface area contributed by atoms with Crippen LogP contribution in [0.15, 0.2) is 64.6 Å². The number of likely N-dealkylation sites (tertiary alicyclic amines) is 2. The van der Waals surface area contributed by atoms with Crippen LogP contribution in [0.25, 0.3) is 0 Å². The van der Waals surface area contributed by atoms with Gasteiger partial charge in [0.2, 0.25) is 82.7 Å². The third-order valence-corrected chi connectivity index (χ3v) is 20.4. The minimum atomic E-state index is -1.92. The number of nitrogens with one attached hydrogen (secondary N) is 11. The lowest BCUT2D eigenvalue weighted by Crippen LogP contribution is -2.61. The largest absolute Gasteiger partial charge is 0.508 e. The lowest BCUT2D eigenvalue weighted by atomic mass is 9.96. The van der Waals surface area contributed by atoms with E-state index in [1.165, 1.54) is 34.1 Å². The van der Waals surface area contributed by atoms with Gasteiger partial charge < -0.3 is 118 Å². The molecule has 14 atom stereocenters. The van der Waals surface area contributed by atoms with Gasteiger partial charge in [-0.25, -0.2) is 4.79 Å². The van der Waals surface area contributed by atoms with Crippen molar-refractivity contribution in [2.75, 3.05) is 32.7 Å². The van der Waals surface area contributed by atoms with Crippen LogP contribution < -0.4 is 92.9 Å². The summed E-state index contributed by atoms with van der Waals surface area (Å²) >= 11 is 0. The number of phenols is 1. The summed E-state index contributed by atoms with van der Waals surface area (Å²) in [6.07, 6.45) is -1.10. The summed E-state index contributed by atoms with van der Waals surface area (Å²) in [7, 11) is 0. The van der Waals surface area contributed by atoms with Gasteiger partial charge in [-0.1, -0.05) is 90.4 Å². The van der Waals surface area contributed by atoms with E-state index >= 15 is 9.59 Å². The molecule has 2 aromatic rings. The molecule has 0 spiro atoms. The molecule has 0 unspecified atom stereocenters. The summed E-state index contributed by atoms with van der Waals surface area (Å²) in [5, 5.41) is 58.7. The minimum absolute atomic E-state index is 0.00249. The second kappa shape index (κ2) is 48.7. The zero-order valence-electron chi connectivity index (χ0n) is 67.9. The number of aliphatic carboxylic acids is 2. The number of hydrogen-bond donors (Lipinski definition) is 20. The fourth-order valence-corrected chi connectivity index (χ4v) is 14.0. The number of phenolic OH excluding ortho intramolecular Hbond substituents is 1. The summed E-state index contributed by atoms with van der Waals surface area (Å²) in [4.78, 5) is 234. The molecule has 0 bridgehead atoms. The number of primary amides is 1. The molecule has 2 aromatic carbocycles. The van der Waals surface area contributed by atoms with Crippen molar-refractivity contribution in [3.63, 3.8) is 0 Å². The second-order valence-electron chi connectivity index (χ2n) is 30.9. The molecule has 0 radical (unpaired) electrons. The first-order valence-corrected chi connectivity index (χ1v) is 40.2. The Bertz CT molecular complexity index is 3860. The predicted molar refractivity (Wildman–Crippen MR) is 431 cm³/mol. The van der Waals surface area contributed by atoms with E-state index in [1.807, 2.05) is 0 Å². The number of benzene rings is 2. The molecule has 0 saturated carbocycles. The highest BCUT2D eigenvalue weighted by atomic mass is 16.4. The quantitative estimate of drug-likeness (QED) is 0.0173. The number of amides is 14. The molecule has 652 valence electrons. The maximum absolute atomic E-state index is 15.1. The molecule has 14 amide bonds. The van der Waals surface area contributed by atoms with Gasteiger partial charge in [0, 0.05) is 51.9 Å². The van der Waals surface area contributed by atoms with Gasteiger partial charge in [-0.15, -0.1) is 0 Å². The Labute approximate surface area is 685 Å². The smallest absolute Gasteiger partial charge is 0.326 e. The Morgan fingerprint density at radius 3 is 1.42 bits per heavy atom. The molecular formula is C78H121N21O19. The van der Waals surface area contributed by atoms with Crippen molar-refractivity contribution < 1.29 is 92.0 Å².